The van der Waals surface area contributed by atoms with Crippen LogP contribution in [0.4, 0.5) is 19.1 Å². The number of hydrogen-bond acceptors (Lipinski definition) is 6. The van der Waals surface area contributed by atoms with Crippen molar-refractivity contribution in [2.75, 3.05) is 31.1 Å². The van der Waals surface area contributed by atoms with E-state index in [1.54, 1.807) is 0 Å². The maximum atomic E-state index is 13.0. The van der Waals surface area contributed by atoms with Gasteiger partial charge in [0.2, 0.25) is 16.0 Å². The number of aromatic amines is 2. The number of aryl methyl sites for hydroxylation is 1. The molecule has 1 saturated heterocycles. The molecular formula is C17H17F3N6O3S. The van der Waals surface area contributed by atoms with Crippen LogP contribution >= 0.6 is 0 Å². The molecule has 4 rings (SSSR count). The minimum absolute atomic E-state index is 0.0184. The van der Waals surface area contributed by atoms with Gasteiger partial charge in [-0.05, 0) is 31.2 Å². The lowest BCUT2D eigenvalue weighted by Crippen LogP contribution is -2.49. The second kappa shape index (κ2) is 7.09. The highest BCUT2D eigenvalue weighted by Crippen LogP contribution is 2.29. The van der Waals surface area contributed by atoms with Crippen LogP contribution in [0.15, 0.2) is 34.0 Å². The van der Waals surface area contributed by atoms with Crippen molar-refractivity contribution in [3.63, 3.8) is 0 Å². The normalized spacial score (nSPS) is 16.3. The minimum Gasteiger partial charge on any atom is -0.338 e. The van der Waals surface area contributed by atoms with Crippen LogP contribution in [0.1, 0.15) is 11.4 Å². The summed E-state index contributed by atoms with van der Waals surface area (Å²) in [6, 6.07) is 5.13. The Labute approximate surface area is 168 Å². The number of halogens is 3. The number of nitrogens with zero attached hydrogens (tertiary/aromatic N) is 4. The average Bonchev–Trinajstić information content (AvgIpc) is 3.06. The molecule has 2 aromatic heterocycles. The third-order valence-electron chi connectivity index (χ3n) is 4.78. The monoisotopic (exact) mass is 442 g/mol. The molecule has 9 nitrogen and oxygen atoms in total. The van der Waals surface area contributed by atoms with Crippen LogP contribution in [-0.4, -0.2) is 58.8 Å². The maximum Gasteiger partial charge on any atom is 0.433 e. The third-order valence-corrected chi connectivity index (χ3v) is 6.67. The Hall–Kier alpha value is -2.93. The van der Waals surface area contributed by atoms with E-state index in [1.165, 1.54) is 34.3 Å². The van der Waals surface area contributed by atoms with Crippen LogP contribution in [0.5, 0.6) is 0 Å². The topological polar surface area (TPSA) is 115 Å². The first-order valence-electron chi connectivity index (χ1n) is 8.94. The molecular weight excluding hydrogens is 425 g/mol. The Balaban J connectivity index is 1.54. The number of fused-ring (bicyclic) bond motifs is 1. The van der Waals surface area contributed by atoms with Crippen molar-refractivity contribution in [1.82, 2.24) is 24.2 Å². The molecule has 1 fully saturated rings. The molecule has 0 spiro atoms. The summed E-state index contributed by atoms with van der Waals surface area (Å²) >= 11 is 0. The van der Waals surface area contributed by atoms with Crippen LogP contribution in [-0.2, 0) is 16.2 Å². The van der Waals surface area contributed by atoms with Gasteiger partial charge in [-0.3, -0.25) is 0 Å². The van der Waals surface area contributed by atoms with Gasteiger partial charge in [-0.2, -0.15) is 17.5 Å². The summed E-state index contributed by atoms with van der Waals surface area (Å²) in [6.45, 7) is 1.85. The molecule has 0 amide bonds. The van der Waals surface area contributed by atoms with Gasteiger partial charge in [-0.25, -0.2) is 23.2 Å². The highest BCUT2D eigenvalue weighted by molar-refractivity contribution is 7.89. The Morgan fingerprint density at radius 2 is 1.67 bits per heavy atom. The molecule has 0 atom stereocenters. The number of aromatic nitrogens is 4. The van der Waals surface area contributed by atoms with Crippen molar-refractivity contribution in [2.24, 2.45) is 0 Å². The number of nitrogens with one attached hydrogen (secondary N) is 2. The minimum atomic E-state index is -4.59. The van der Waals surface area contributed by atoms with E-state index in [9.17, 15) is 26.4 Å². The number of H-pyrrole nitrogens is 2. The number of hydrogen-bond donors (Lipinski definition) is 2. The van der Waals surface area contributed by atoms with Gasteiger partial charge in [0.15, 0.2) is 0 Å². The number of benzene rings is 1. The smallest absolute Gasteiger partial charge is 0.338 e. The Kier molecular flexibility index (Phi) is 4.81. The average molecular weight is 442 g/mol. The van der Waals surface area contributed by atoms with Gasteiger partial charge in [0, 0.05) is 31.9 Å². The molecule has 1 aromatic carbocycles. The molecule has 1 aliphatic rings. The highest BCUT2D eigenvalue weighted by atomic mass is 32.2. The lowest BCUT2D eigenvalue weighted by atomic mass is 10.3. The molecule has 30 heavy (non-hydrogen) atoms. The first kappa shape index (κ1) is 20.3. The van der Waals surface area contributed by atoms with Gasteiger partial charge in [0.1, 0.15) is 5.69 Å². The number of rotatable bonds is 3. The summed E-state index contributed by atoms with van der Waals surface area (Å²) in [5.74, 6) is -0.0781. The predicted molar refractivity (Wildman–Crippen MR) is 102 cm³/mol. The van der Waals surface area contributed by atoms with Gasteiger partial charge in [0.25, 0.3) is 0 Å². The van der Waals surface area contributed by atoms with Gasteiger partial charge >= 0.3 is 11.9 Å². The van der Waals surface area contributed by atoms with E-state index in [0.717, 1.165) is 6.07 Å². The first-order chi connectivity index (χ1) is 14.0. The molecule has 13 heteroatoms. The zero-order valence-electron chi connectivity index (χ0n) is 15.7. The molecule has 3 heterocycles. The second-order valence-corrected chi connectivity index (χ2v) is 8.81. The summed E-state index contributed by atoms with van der Waals surface area (Å²) in [6.07, 6.45) is -4.59. The predicted octanol–water partition coefficient (Wildman–Crippen LogP) is 1.48. The lowest BCUT2D eigenvalue weighted by Gasteiger charge is -2.34. The Morgan fingerprint density at radius 3 is 2.33 bits per heavy atom. The standard InChI is InChI=1S/C17H17F3N6O3S/c1-10-8-14(17(18,19)20)24-15(21-10)25-4-6-26(7-5-25)30(28,29)11-2-3-12-13(9-11)23-16(27)22-12/h2-3,8-9H,4-7H2,1H3,(H2,22,23,27). The van der Waals surface area contributed by atoms with Gasteiger partial charge in [-0.1, -0.05) is 0 Å². The Morgan fingerprint density at radius 1 is 1.00 bits per heavy atom. The zero-order chi connectivity index (χ0) is 21.7. The van der Waals surface area contributed by atoms with E-state index in [1.807, 2.05) is 0 Å². The molecule has 160 valence electrons. The van der Waals surface area contributed by atoms with Gasteiger partial charge < -0.3 is 14.9 Å². The van der Waals surface area contributed by atoms with Crippen LogP contribution in [0, 0.1) is 6.92 Å². The van der Waals surface area contributed by atoms with E-state index < -0.39 is 27.6 Å². The summed E-state index contributed by atoms with van der Waals surface area (Å²) < 4.78 is 66.2. The Bertz CT molecular complexity index is 1260. The molecule has 0 saturated carbocycles. The fourth-order valence-electron chi connectivity index (χ4n) is 3.29. The fraction of sp³-hybridized carbons (Fsp3) is 0.353. The number of alkyl halides is 3. The summed E-state index contributed by atoms with van der Waals surface area (Å²) in [7, 11) is -3.84. The molecule has 1 aliphatic heterocycles. The number of sulfonamides is 1. The van der Waals surface area contributed by atoms with Crippen molar-refractivity contribution in [3.05, 3.63) is 46.1 Å². The maximum absolute atomic E-state index is 13.0. The molecule has 0 bridgehead atoms. The van der Waals surface area contributed by atoms with Crippen LogP contribution in [0.25, 0.3) is 11.0 Å². The van der Waals surface area contributed by atoms with E-state index in [4.69, 9.17) is 0 Å². The van der Waals surface area contributed by atoms with E-state index in [0.29, 0.717) is 11.0 Å². The quantitative estimate of drug-likeness (QED) is 0.635. The van der Waals surface area contributed by atoms with E-state index >= 15 is 0 Å². The van der Waals surface area contributed by atoms with E-state index in [-0.39, 0.29) is 42.7 Å². The van der Waals surface area contributed by atoms with Crippen molar-refractivity contribution in [3.8, 4) is 0 Å². The van der Waals surface area contributed by atoms with Crippen LogP contribution < -0.4 is 10.6 Å². The van der Waals surface area contributed by atoms with Crippen molar-refractivity contribution in [2.45, 2.75) is 18.0 Å². The van der Waals surface area contributed by atoms with Crippen molar-refractivity contribution < 1.29 is 21.6 Å². The SMILES string of the molecule is Cc1cc(C(F)(F)F)nc(N2CCN(S(=O)(=O)c3ccc4[nH]c(=O)[nH]c4c3)CC2)n1. The fourth-order valence-corrected chi connectivity index (χ4v) is 4.74. The number of imidazole rings is 1. The first-order valence-corrected chi connectivity index (χ1v) is 10.4. The number of piperazine rings is 1. The van der Waals surface area contributed by atoms with Crippen LogP contribution in [0.2, 0.25) is 0 Å². The molecule has 0 aliphatic carbocycles. The van der Waals surface area contributed by atoms with Crippen molar-refractivity contribution >= 4 is 27.0 Å². The summed E-state index contributed by atoms with van der Waals surface area (Å²) in [5.41, 5.74) is -0.442. The largest absolute Gasteiger partial charge is 0.433 e. The van der Waals surface area contributed by atoms with Gasteiger partial charge in [0.05, 0.1) is 15.9 Å². The molecule has 2 N–H and O–H groups in total. The van der Waals surface area contributed by atoms with Crippen LogP contribution in [0.3, 0.4) is 0 Å². The third kappa shape index (κ3) is 3.77. The highest BCUT2D eigenvalue weighted by Gasteiger charge is 2.35. The van der Waals surface area contributed by atoms with E-state index in [2.05, 4.69) is 19.9 Å². The second-order valence-electron chi connectivity index (χ2n) is 6.87. The number of anilines is 1. The lowest BCUT2D eigenvalue weighted by molar-refractivity contribution is -0.141. The summed E-state index contributed by atoms with van der Waals surface area (Å²) in [5, 5.41) is 0. The molecule has 0 radical (unpaired) electrons. The van der Waals surface area contributed by atoms with Crippen molar-refractivity contribution in [1.29, 1.82) is 0 Å². The molecule has 0 unspecified atom stereocenters. The molecule has 3 aromatic rings. The summed E-state index contributed by atoms with van der Waals surface area (Å²) in [4.78, 5) is 25.6. The zero-order valence-corrected chi connectivity index (χ0v) is 16.5. The van der Waals surface area contributed by atoms with Gasteiger partial charge in [-0.15, -0.1) is 0 Å².